The predicted molar refractivity (Wildman–Crippen MR) is 80.1 cm³/mol. The minimum Gasteiger partial charge on any atom is -0.380 e. The summed E-state index contributed by atoms with van der Waals surface area (Å²) in [5.74, 6) is 3.20. The molecule has 1 aliphatic carbocycles. The van der Waals surface area contributed by atoms with Crippen molar-refractivity contribution in [1.29, 1.82) is 0 Å². The highest BCUT2D eigenvalue weighted by atomic mass is 79.9. The molecule has 1 aliphatic rings. The molecule has 0 bridgehead atoms. The van der Waals surface area contributed by atoms with Crippen LogP contribution in [0.5, 0.6) is 0 Å². The highest BCUT2D eigenvalue weighted by Gasteiger charge is 2.20. The summed E-state index contributed by atoms with van der Waals surface area (Å²) in [5, 5.41) is 7.34. The second-order valence-electron chi connectivity index (χ2n) is 4.89. The number of hydrogen-bond acceptors (Lipinski definition) is 3. The molecule has 2 rings (SSSR count). The molecule has 0 aliphatic heterocycles. The number of hydrogen-bond donors (Lipinski definition) is 1. The monoisotopic (exact) mass is 323 g/mol. The zero-order valence-electron chi connectivity index (χ0n) is 10.9. The summed E-state index contributed by atoms with van der Waals surface area (Å²) in [7, 11) is 0. The van der Waals surface area contributed by atoms with Gasteiger partial charge in [0.25, 0.3) is 5.56 Å². The Morgan fingerprint density at radius 1 is 1.58 bits per heavy atom. The summed E-state index contributed by atoms with van der Waals surface area (Å²) in [6.07, 6.45) is 12.1. The van der Waals surface area contributed by atoms with E-state index in [1.807, 2.05) is 0 Å². The van der Waals surface area contributed by atoms with Crippen LogP contribution in [-0.4, -0.2) is 16.3 Å². The van der Waals surface area contributed by atoms with Crippen molar-refractivity contribution in [2.45, 2.75) is 38.6 Å². The van der Waals surface area contributed by atoms with Gasteiger partial charge in [-0.2, -0.15) is 5.10 Å². The third kappa shape index (κ3) is 3.60. The van der Waals surface area contributed by atoms with Crippen molar-refractivity contribution in [3.8, 4) is 12.3 Å². The van der Waals surface area contributed by atoms with Crippen LogP contribution in [0.15, 0.2) is 15.5 Å². The smallest absolute Gasteiger partial charge is 0.291 e. The fraction of sp³-hybridized carbons (Fsp3) is 0.571. The first-order chi connectivity index (χ1) is 9.22. The van der Waals surface area contributed by atoms with Crippen LogP contribution >= 0.6 is 15.9 Å². The van der Waals surface area contributed by atoms with Gasteiger partial charge in [-0.3, -0.25) is 4.79 Å². The van der Waals surface area contributed by atoms with Crippen LogP contribution in [0.4, 0.5) is 5.69 Å². The number of aromatic nitrogens is 2. The van der Waals surface area contributed by atoms with Gasteiger partial charge in [0, 0.05) is 19.5 Å². The van der Waals surface area contributed by atoms with Crippen LogP contribution in [-0.2, 0) is 6.54 Å². The van der Waals surface area contributed by atoms with Crippen molar-refractivity contribution < 1.29 is 0 Å². The number of rotatable bonds is 6. The second kappa shape index (κ2) is 6.76. The van der Waals surface area contributed by atoms with Crippen molar-refractivity contribution in [3.05, 3.63) is 21.0 Å². The fourth-order valence-electron chi connectivity index (χ4n) is 2.08. The van der Waals surface area contributed by atoms with Gasteiger partial charge in [-0.1, -0.05) is 6.42 Å². The normalized spacial score (nSPS) is 14.7. The van der Waals surface area contributed by atoms with Crippen LogP contribution in [0.2, 0.25) is 0 Å². The van der Waals surface area contributed by atoms with Crippen molar-refractivity contribution in [2.75, 3.05) is 11.9 Å². The average Bonchev–Trinajstić information content (AvgIpc) is 2.35. The van der Waals surface area contributed by atoms with Gasteiger partial charge in [-0.05, 0) is 41.1 Å². The molecule has 0 aromatic carbocycles. The molecule has 0 saturated heterocycles. The Labute approximate surface area is 121 Å². The van der Waals surface area contributed by atoms with Crippen molar-refractivity contribution in [1.82, 2.24) is 9.78 Å². The zero-order chi connectivity index (χ0) is 13.7. The van der Waals surface area contributed by atoms with Crippen molar-refractivity contribution in [2.24, 2.45) is 5.92 Å². The molecule has 19 heavy (non-hydrogen) atoms. The van der Waals surface area contributed by atoms with Gasteiger partial charge in [0.2, 0.25) is 0 Å². The molecular weight excluding hydrogens is 306 g/mol. The fourth-order valence-corrected chi connectivity index (χ4v) is 2.48. The number of nitrogens with one attached hydrogen (secondary N) is 1. The Balaban J connectivity index is 2.05. The molecule has 1 fully saturated rings. The van der Waals surface area contributed by atoms with E-state index in [0.29, 0.717) is 29.0 Å². The lowest BCUT2D eigenvalue weighted by atomic mass is 9.85. The van der Waals surface area contributed by atoms with Crippen LogP contribution in [0.1, 0.15) is 32.1 Å². The van der Waals surface area contributed by atoms with E-state index in [4.69, 9.17) is 6.42 Å². The minimum atomic E-state index is -0.0537. The quantitative estimate of drug-likeness (QED) is 0.646. The van der Waals surface area contributed by atoms with Gasteiger partial charge < -0.3 is 5.32 Å². The Bertz CT molecular complexity index is 528. The van der Waals surface area contributed by atoms with E-state index < -0.39 is 0 Å². The molecule has 0 atom stereocenters. The molecule has 1 N–H and O–H groups in total. The molecule has 5 heteroatoms. The third-order valence-corrected chi connectivity index (χ3v) is 4.05. The maximum absolute atomic E-state index is 12.3. The van der Waals surface area contributed by atoms with Gasteiger partial charge in [0.15, 0.2) is 0 Å². The number of unbranched alkanes of at least 4 members (excludes halogenated alkanes) is 1. The average molecular weight is 324 g/mol. The summed E-state index contributed by atoms with van der Waals surface area (Å²) in [4.78, 5) is 12.3. The van der Waals surface area contributed by atoms with E-state index in [1.165, 1.54) is 19.3 Å². The summed E-state index contributed by atoms with van der Waals surface area (Å²) in [6, 6.07) is 0. The SMILES string of the molecule is C#CCCCNc1c(Br)cnn(CC2CCC2)c1=O. The van der Waals surface area contributed by atoms with Gasteiger partial charge in [-0.25, -0.2) is 4.68 Å². The lowest BCUT2D eigenvalue weighted by Crippen LogP contribution is -2.31. The summed E-state index contributed by atoms with van der Waals surface area (Å²) < 4.78 is 2.28. The first kappa shape index (κ1) is 14.1. The Kier molecular flexibility index (Phi) is 5.03. The third-order valence-electron chi connectivity index (χ3n) is 3.45. The van der Waals surface area contributed by atoms with Crippen LogP contribution < -0.4 is 10.9 Å². The predicted octanol–water partition coefficient (Wildman–Crippen LogP) is 2.63. The number of halogens is 1. The topological polar surface area (TPSA) is 46.9 Å². The molecular formula is C14H18BrN3O. The van der Waals surface area contributed by atoms with Gasteiger partial charge in [0.05, 0.1) is 10.7 Å². The first-order valence-corrected chi connectivity index (χ1v) is 7.44. The van der Waals surface area contributed by atoms with E-state index in [9.17, 15) is 4.79 Å². The number of anilines is 1. The number of nitrogens with zero attached hydrogens (tertiary/aromatic N) is 2. The van der Waals surface area contributed by atoms with E-state index >= 15 is 0 Å². The van der Waals surface area contributed by atoms with Gasteiger partial charge in [-0.15, -0.1) is 12.3 Å². The highest BCUT2D eigenvalue weighted by molar-refractivity contribution is 9.10. The molecule has 1 aromatic heterocycles. The largest absolute Gasteiger partial charge is 0.380 e. The van der Waals surface area contributed by atoms with E-state index in [1.54, 1.807) is 10.9 Å². The number of terminal acetylenes is 1. The molecule has 4 nitrogen and oxygen atoms in total. The minimum absolute atomic E-state index is 0.0537. The molecule has 0 unspecified atom stereocenters. The van der Waals surface area contributed by atoms with E-state index in [2.05, 4.69) is 32.3 Å². The van der Waals surface area contributed by atoms with Crippen LogP contribution in [0.25, 0.3) is 0 Å². The maximum Gasteiger partial charge on any atom is 0.291 e. The molecule has 1 aromatic rings. The molecule has 0 amide bonds. The van der Waals surface area contributed by atoms with Crippen LogP contribution in [0.3, 0.4) is 0 Å². The maximum atomic E-state index is 12.3. The van der Waals surface area contributed by atoms with Crippen molar-refractivity contribution >= 4 is 21.6 Å². The molecule has 1 heterocycles. The van der Waals surface area contributed by atoms with E-state index in [-0.39, 0.29) is 5.56 Å². The standard InChI is InChI=1S/C14H18BrN3O/c1-2-3-4-8-16-13-12(15)9-17-18(14(13)19)10-11-6-5-7-11/h1,9,11,16H,3-8,10H2. The molecule has 0 spiro atoms. The highest BCUT2D eigenvalue weighted by Crippen LogP contribution is 2.27. The Hall–Kier alpha value is -1.28. The Morgan fingerprint density at radius 2 is 2.37 bits per heavy atom. The summed E-state index contributed by atoms with van der Waals surface area (Å²) >= 11 is 3.37. The molecule has 102 valence electrons. The molecule has 1 saturated carbocycles. The second-order valence-corrected chi connectivity index (χ2v) is 5.74. The zero-order valence-corrected chi connectivity index (χ0v) is 12.4. The van der Waals surface area contributed by atoms with Crippen molar-refractivity contribution in [3.63, 3.8) is 0 Å². The summed E-state index contributed by atoms with van der Waals surface area (Å²) in [5.41, 5.74) is 0.535. The lowest BCUT2D eigenvalue weighted by Gasteiger charge is -2.25. The van der Waals surface area contributed by atoms with Gasteiger partial charge in [0.1, 0.15) is 5.69 Å². The van der Waals surface area contributed by atoms with E-state index in [0.717, 1.165) is 13.0 Å². The van der Waals surface area contributed by atoms with Crippen LogP contribution in [0, 0.1) is 18.3 Å². The summed E-state index contributed by atoms with van der Waals surface area (Å²) in [6.45, 7) is 1.43. The Morgan fingerprint density at radius 3 is 3.00 bits per heavy atom. The lowest BCUT2D eigenvalue weighted by molar-refractivity contribution is 0.262. The molecule has 0 radical (unpaired) electrons. The van der Waals surface area contributed by atoms with Gasteiger partial charge >= 0.3 is 0 Å². The first-order valence-electron chi connectivity index (χ1n) is 6.65.